The third-order valence-electron chi connectivity index (χ3n) is 3.61. The molecule has 0 saturated heterocycles. The largest absolute Gasteiger partial charge is 0.314 e. The lowest BCUT2D eigenvalue weighted by molar-refractivity contribution is 0.431. The fourth-order valence-corrected chi connectivity index (χ4v) is 1.99. The van der Waals surface area contributed by atoms with Gasteiger partial charge in [-0.05, 0) is 42.9 Å². The minimum absolute atomic E-state index is 0.0989. The molecular weight excluding hydrogens is 220 g/mol. The van der Waals surface area contributed by atoms with Gasteiger partial charge in [-0.15, -0.1) is 0 Å². The van der Waals surface area contributed by atoms with Crippen LogP contribution in [0, 0.1) is 17.6 Å². The molecule has 2 unspecified atom stereocenters. The summed E-state index contributed by atoms with van der Waals surface area (Å²) in [4.78, 5) is 0. The zero-order chi connectivity index (χ0) is 12.4. The summed E-state index contributed by atoms with van der Waals surface area (Å²) in [5.41, 5.74) is 0.608. The summed E-state index contributed by atoms with van der Waals surface area (Å²) in [6.07, 6.45) is 2.51. The molecule has 1 fully saturated rings. The Bertz CT molecular complexity index is 388. The van der Waals surface area contributed by atoms with Crippen molar-refractivity contribution in [3.8, 4) is 0 Å². The monoisotopic (exact) mass is 239 g/mol. The quantitative estimate of drug-likeness (QED) is 0.829. The molecule has 1 N–H and O–H groups in total. The summed E-state index contributed by atoms with van der Waals surface area (Å²) in [5, 5.41) is 3.44. The molecule has 1 aliphatic carbocycles. The number of rotatable bonds is 5. The second kappa shape index (κ2) is 5.13. The van der Waals surface area contributed by atoms with Crippen LogP contribution in [-0.2, 0) is 0 Å². The van der Waals surface area contributed by atoms with Crippen molar-refractivity contribution in [2.24, 2.45) is 5.92 Å². The highest BCUT2D eigenvalue weighted by molar-refractivity contribution is 5.22. The summed E-state index contributed by atoms with van der Waals surface area (Å²) in [6.45, 7) is 4.99. The summed E-state index contributed by atoms with van der Waals surface area (Å²) >= 11 is 0. The van der Waals surface area contributed by atoms with E-state index in [4.69, 9.17) is 0 Å². The van der Waals surface area contributed by atoms with Crippen LogP contribution >= 0.6 is 0 Å². The summed E-state index contributed by atoms with van der Waals surface area (Å²) < 4.78 is 26.4. The van der Waals surface area contributed by atoms with Gasteiger partial charge >= 0.3 is 0 Å². The standard InChI is InChI=1S/C14H19F2N/c1-9(8-17-12-4-5-12)10(2)13-6-3-11(15)7-14(13)16/h3,6-7,9-10,12,17H,4-5,8H2,1-2H3. The molecule has 1 nitrogen and oxygen atoms in total. The Kier molecular flexibility index (Phi) is 3.77. The van der Waals surface area contributed by atoms with Gasteiger partial charge in [-0.3, -0.25) is 0 Å². The second-order valence-electron chi connectivity index (χ2n) is 5.11. The minimum atomic E-state index is -0.512. The number of hydrogen-bond donors (Lipinski definition) is 1. The van der Waals surface area contributed by atoms with Crippen LogP contribution in [0.5, 0.6) is 0 Å². The van der Waals surface area contributed by atoms with Gasteiger partial charge in [0.1, 0.15) is 11.6 Å². The zero-order valence-corrected chi connectivity index (χ0v) is 10.3. The van der Waals surface area contributed by atoms with Gasteiger partial charge in [0, 0.05) is 12.1 Å². The van der Waals surface area contributed by atoms with E-state index in [-0.39, 0.29) is 5.92 Å². The highest BCUT2D eigenvalue weighted by Gasteiger charge is 2.23. The molecule has 0 spiro atoms. The van der Waals surface area contributed by atoms with Crippen LogP contribution in [0.2, 0.25) is 0 Å². The highest BCUT2D eigenvalue weighted by atomic mass is 19.1. The average Bonchev–Trinajstić information content (AvgIpc) is 3.09. The van der Waals surface area contributed by atoms with E-state index in [0.29, 0.717) is 17.5 Å². The van der Waals surface area contributed by atoms with E-state index in [2.05, 4.69) is 12.2 Å². The van der Waals surface area contributed by atoms with E-state index < -0.39 is 11.6 Å². The van der Waals surface area contributed by atoms with Crippen molar-refractivity contribution in [2.45, 2.75) is 38.6 Å². The lowest BCUT2D eigenvalue weighted by Gasteiger charge is -2.21. The fraction of sp³-hybridized carbons (Fsp3) is 0.571. The third kappa shape index (κ3) is 3.25. The molecule has 94 valence electrons. The van der Waals surface area contributed by atoms with Crippen molar-refractivity contribution < 1.29 is 8.78 Å². The molecular formula is C14H19F2N. The predicted molar refractivity (Wildman–Crippen MR) is 65.0 cm³/mol. The van der Waals surface area contributed by atoms with Crippen molar-refractivity contribution in [2.75, 3.05) is 6.54 Å². The normalized spacial score (nSPS) is 19.1. The van der Waals surface area contributed by atoms with E-state index in [1.165, 1.54) is 18.9 Å². The zero-order valence-electron chi connectivity index (χ0n) is 10.3. The number of halogens is 2. The van der Waals surface area contributed by atoms with Gasteiger partial charge in [-0.2, -0.15) is 0 Å². The van der Waals surface area contributed by atoms with E-state index >= 15 is 0 Å². The second-order valence-corrected chi connectivity index (χ2v) is 5.11. The maximum absolute atomic E-state index is 13.6. The molecule has 0 aromatic heterocycles. The first-order valence-electron chi connectivity index (χ1n) is 6.26. The fourth-order valence-electron chi connectivity index (χ4n) is 1.99. The summed E-state index contributed by atoms with van der Waals surface area (Å²) in [7, 11) is 0. The van der Waals surface area contributed by atoms with Gasteiger partial charge in [0.25, 0.3) is 0 Å². The molecule has 1 saturated carbocycles. The molecule has 0 aliphatic heterocycles. The summed E-state index contributed by atoms with van der Waals surface area (Å²) in [5.74, 6) is -0.504. The molecule has 2 atom stereocenters. The van der Waals surface area contributed by atoms with Crippen LogP contribution in [0.1, 0.15) is 38.2 Å². The third-order valence-corrected chi connectivity index (χ3v) is 3.61. The van der Waals surface area contributed by atoms with Crippen molar-refractivity contribution in [1.29, 1.82) is 0 Å². The molecule has 3 heteroatoms. The molecule has 1 aromatic carbocycles. The number of hydrogen-bond acceptors (Lipinski definition) is 1. The molecule has 1 aromatic rings. The molecule has 0 bridgehead atoms. The first-order valence-corrected chi connectivity index (χ1v) is 6.26. The summed E-state index contributed by atoms with van der Waals surface area (Å²) in [6, 6.07) is 4.52. The molecule has 17 heavy (non-hydrogen) atoms. The Hall–Kier alpha value is -0.960. The van der Waals surface area contributed by atoms with Gasteiger partial charge < -0.3 is 5.32 Å². The lowest BCUT2D eigenvalue weighted by Crippen LogP contribution is -2.26. The van der Waals surface area contributed by atoms with Crippen molar-refractivity contribution >= 4 is 0 Å². The van der Waals surface area contributed by atoms with Gasteiger partial charge in [0.05, 0.1) is 0 Å². The van der Waals surface area contributed by atoms with Crippen molar-refractivity contribution in [1.82, 2.24) is 5.32 Å². The van der Waals surface area contributed by atoms with Crippen LogP contribution in [0.4, 0.5) is 8.78 Å². The highest BCUT2D eigenvalue weighted by Crippen LogP contribution is 2.27. The van der Waals surface area contributed by atoms with Crippen molar-refractivity contribution in [3.63, 3.8) is 0 Å². The van der Waals surface area contributed by atoms with Crippen molar-refractivity contribution in [3.05, 3.63) is 35.4 Å². The molecule has 0 radical (unpaired) electrons. The van der Waals surface area contributed by atoms with Crippen LogP contribution < -0.4 is 5.32 Å². The van der Waals surface area contributed by atoms with Crippen LogP contribution in [0.15, 0.2) is 18.2 Å². The molecule has 0 amide bonds. The van der Waals surface area contributed by atoms with Gasteiger partial charge in [0.15, 0.2) is 0 Å². The SMILES string of the molecule is CC(CNC1CC1)C(C)c1ccc(F)cc1F. The first kappa shape index (κ1) is 12.5. The Morgan fingerprint density at radius 1 is 1.29 bits per heavy atom. The maximum atomic E-state index is 13.6. The van der Waals surface area contributed by atoms with Crippen LogP contribution in [0.3, 0.4) is 0 Å². The molecule has 2 rings (SSSR count). The Balaban J connectivity index is 1.98. The van der Waals surface area contributed by atoms with Gasteiger partial charge in [-0.1, -0.05) is 19.9 Å². The van der Waals surface area contributed by atoms with E-state index in [0.717, 1.165) is 12.6 Å². The topological polar surface area (TPSA) is 12.0 Å². The van der Waals surface area contributed by atoms with E-state index in [9.17, 15) is 8.78 Å². The van der Waals surface area contributed by atoms with Crippen LogP contribution in [-0.4, -0.2) is 12.6 Å². The van der Waals surface area contributed by atoms with E-state index in [1.807, 2.05) is 6.92 Å². The van der Waals surface area contributed by atoms with Gasteiger partial charge in [-0.25, -0.2) is 8.78 Å². The molecule has 0 heterocycles. The van der Waals surface area contributed by atoms with Gasteiger partial charge in [0.2, 0.25) is 0 Å². The minimum Gasteiger partial charge on any atom is -0.314 e. The average molecular weight is 239 g/mol. The Morgan fingerprint density at radius 2 is 2.00 bits per heavy atom. The Morgan fingerprint density at radius 3 is 2.59 bits per heavy atom. The maximum Gasteiger partial charge on any atom is 0.129 e. The number of benzene rings is 1. The van der Waals surface area contributed by atoms with Crippen LogP contribution in [0.25, 0.3) is 0 Å². The lowest BCUT2D eigenvalue weighted by atomic mass is 9.88. The van der Waals surface area contributed by atoms with E-state index in [1.54, 1.807) is 6.07 Å². The molecule has 1 aliphatic rings. The predicted octanol–water partition coefficient (Wildman–Crippen LogP) is 3.46. The smallest absolute Gasteiger partial charge is 0.129 e. The first-order chi connectivity index (χ1) is 8.08. The Labute approximate surface area is 101 Å². The number of nitrogens with one attached hydrogen (secondary N) is 1.